The lowest BCUT2D eigenvalue weighted by Gasteiger charge is -2.17. The number of aliphatic imine (C=N–C) groups is 5. The highest BCUT2D eigenvalue weighted by Crippen LogP contribution is 2.36. The minimum atomic E-state index is 0. The van der Waals surface area contributed by atoms with Crippen molar-refractivity contribution in [1.82, 2.24) is 0 Å². The van der Waals surface area contributed by atoms with Crippen molar-refractivity contribution in [1.29, 1.82) is 0 Å². The van der Waals surface area contributed by atoms with E-state index in [2.05, 4.69) is 233 Å². The monoisotopic (exact) mass is 1340 g/mol. The number of nitrogens with one attached hydrogen (secondary N) is 1. The van der Waals surface area contributed by atoms with E-state index >= 15 is 0 Å². The number of nitrogens with zero attached hydrogens (tertiary/aromatic N) is 8. The predicted molar refractivity (Wildman–Crippen MR) is 451 cm³/mol. The molecule has 3 heterocycles. The van der Waals surface area contributed by atoms with E-state index in [1.165, 1.54) is 49.9 Å². The maximum atomic E-state index is 4.74. The van der Waals surface area contributed by atoms with Gasteiger partial charge in [0.1, 0.15) is 6.04 Å². The van der Waals surface area contributed by atoms with Crippen molar-refractivity contribution in [2.24, 2.45) is 25.0 Å². The van der Waals surface area contributed by atoms with Gasteiger partial charge in [0.2, 0.25) is 0 Å². The summed E-state index contributed by atoms with van der Waals surface area (Å²) in [4.78, 5) is 31.2. The molecule has 0 bridgehead atoms. The summed E-state index contributed by atoms with van der Waals surface area (Å²) in [6.07, 6.45) is 25.8. The Bertz CT molecular complexity index is 3460. The third-order valence-electron chi connectivity index (χ3n) is 14.5. The second-order valence-corrected chi connectivity index (χ2v) is 20.7. The zero-order chi connectivity index (χ0) is 72.7. The van der Waals surface area contributed by atoms with Crippen molar-refractivity contribution < 1.29 is 4.90 Å². The van der Waals surface area contributed by atoms with Crippen LogP contribution in [0.4, 0.5) is 39.8 Å². The normalized spacial score (nSPS) is 13.0. The topological polar surface area (TPSA) is 76.0 Å². The van der Waals surface area contributed by atoms with Gasteiger partial charge in [-0.15, -0.1) is 0 Å². The molecule has 2 aliphatic carbocycles. The van der Waals surface area contributed by atoms with E-state index in [1.807, 2.05) is 208 Å². The van der Waals surface area contributed by atoms with Crippen LogP contribution in [0.15, 0.2) is 266 Å². The summed E-state index contributed by atoms with van der Waals surface area (Å²) in [5.74, 6) is 0. The maximum Gasteiger partial charge on any atom is 0.125 e. The molecule has 0 unspecified atom stereocenters. The molecule has 0 amide bonds. The van der Waals surface area contributed by atoms with E-state index in [0.29, 0.717) is 6.04 Å². The van der Waals surface area contributed by atoms with Crippen molar-refractivity contribution in [3.05, 3.63) is 280 Å². The first-order chi connectivity index (χ1) is 47.5. The molecule has 5 aliphatic rings. The Labute approximate surface area is 605 Å². The number of quaternary nitrogens is 1. The lowest BCUT2D eigenvalue weighted by molar-refractivity contribution is -0.871. The number of hydrogen-bond acceptors (Lipinski definition) is 8. The average Bonchev–Trinajstić information content (AvgIpc) is 1.67. The quantitative estimate of drug-likeness (QED) is 0.139. The van der Waals surface area contributed by atoms with Crippen molar-refractivity contribution in [2.45, 2.75) is 165 Å². The molecular formula is C90H130N9+. The van der Waals surface area contributed by atoms with Crippen LogP contribution >= 0.6 is 0 Å². The first-order valence-corrected chi connectivity index (χ1v) is 36.0. The van der Waals surface area contributed by atoms with Crippen LogP contribution in [0, 0.1) is 0 Å². The number of anilines is 3. The third-order valence-corrected chi connectivity index (χ3v) is 14.5. The fourth-order valence-corrected chi connectivity index (χ4v) is 9.73. The Hall–Kier alpha value is -9.31. The van der Waals surface area contributed by atoms with E-state index in [4.69, 9.17) is 9.98 Å². The molecule has 12 rings (SSSR count). The van der Waals surface area contributed by atoms with Gasteiger partial charge in [0, 0.05) is 95.9 Å². The number of fused-ring (bicyclic) bond motifs is 3. The molecular weight excluding hydrogens is 1210 g/mol. The highest BCUT2D eigenvalue weighted by molar-refractivity contribution is 6.08. The summed E-state index contributed by atoms with van der Waals surface area (Å²) in [5.41, 5.74) is 23.2. The summed E-state index contributed by atoms with van der Waals surface area (Å²) < 4.78 is 0. The van der Waals surface area contributed by atoms with E-state index < -0.39 is 0 Å². The highest BCUT2D eigenvalue weighted by atomic mass is 15.1. The number of rotatable bonds is 10. The minimum absolute atomic E-state index is 0. The molecule has 7 aromatic carbocycles. The number of benzene rings is 7. The molecule has 0 radical (unpaired) electrons. The Morgan fingerprint density at radius 2 is 0.788 bits per heavy atom. The molecule has 3 aliphatic heterocycles. The lowest BCUT2D eigenvalue weighted by atomic mass is 10.0. The van der Waals surface area contributed by atoms with Gasteiger partial charge in [-0.05, 0) is 141 Å². The molecule has 9 nitrogen and oxygen atoms in total. The predicted octanol–water partition coefficient (Wildman–Crippen LogP) is 23.9. The van der Waals surface area contributed by atoms with Crippen molar-refractivity contribution in [3.8, 4) is 0 Å². The fourth-order valence-electron chi connectivity index (χ4n) is 9.73. The Kier molecular flexibility index (Phi) is 49.8. The molecule has 0 spiro atoms. The molecule has 0 fully saturated rings. The van der Waals surface area contributed by atoms with Gasteiger partial charge >= 0.3 is 0 Å². The first-order valence-electron chi connectivity index (χ1n) is 36.0. The zero-order valence-corrected chi connectivity index (χ0v) is 64.3. The summed E-state index contributed by atoms with van der Waals surface area (Å²) >= 11 is 0. The Morgan fingerprint density at radius 1 is 0.424 bits per heavy atom. The average molecular weight is 1340 g/mol. The van der Waals surface area contributed by atoms with E-state index in [-0.39, 0.29) is 14.9 Å². The highest BCUT2D eigenvalue weighted by Gasteiger charge is 2.23. The van der Waals surface area contributed by atoms with Gasteiger partial charge in [-0.2, -0.15) is 0 Å². The lowest BCUT2D eigenvalue weighted by Crippen LogP contribution is -3.09. The van der Waals surface area contributed by atoms with Crippen LogP contribution in [0.1, 0.15) is 178 Å². The number of likely N-dealkylation sites (N-methyl/N-ethyl adjacent to an activating group) is 2. The van der Waals surface area contributed by atoms with Gasteiger partial charge in [-0.3, -0.25) is 25.0 Å². The zero-order valence-electron chi connectivity index (χ0n) is 64.3. The number of para-hydroxylation sites is 3. The van der Waals surface area contributed by atoms with Crippen molar-refractivity contribution >= 4 is 69.4 Å². The van der Waals surface area contributed by atoms with Gasteiger partial charge < -0.3 is 19.6 Å². The van der Waals surface area contributed by atoms with Crippen LogP contribution in [0.2, 0.25) is 0 Å². The molecule has 9 heteroatoms. The second-order valence-electron chi connectivity index (χ2n) is 20.7. The summed E-state index contributed by atoms with van der Waals surface area (Å²) in [5, 5.41) is 0. The van der Waals surface area contributed by atoms with Gasteiger partial charge in [-0.1, -0.05) is 267 Å². The fraction of sp³-hybridized carbons (Fsp3) is 0.344. The molecule has 0 saturated heterocycles. The van der Waals surface area contributed by atoms with Gasteiger partial charge in [0.15, 0.2) is 0 Å². The third kappa shape index (κ3) is 29.4. The van der Waals surface area contributed by atoms with Crippen LogP contribution in [-0.4, -0.2) is 84.9 Å². The van der Waals surface area contributed by atoms with E-state index in [9.17, 15) is 0 Å². The minimum Gasteiger partial charge on any atom is -0.378 e. The number of allylic oxidation sites excluding steroid dienone is 9. The van der Waals surface area contributed by atoms with E-state index in [1.54, 1.807) is 0 Å². The summed E-state index contributed by atoms with van der Waals surface area (Å²) in [6.45, 7) is 36.0. The standard InChI is InChI=1S/C24H25N3.2C23H21N3.9C2H6.2CH4/c1-26(2)22-14-8-18(9-15-22)17-25-21-12-10-19(11-13-21)24-16-20-6-4-5-7-23(20)27(24)3;2*1-26(2)21-13-7-17(8-14-21)16-24-20-11-9-18(10-12-20)23-15-19-5-3-4-6-22(19)25-23;9*1-2;;/h4-15,17,22H,16H2,1-3H3;2*3-14,16H,15H2,1-2H3;9*1-2H3;2*1H4/p+1. The first kappa shape index (κ1) is 91.7. The largest absolute Gasteiger partial charge is 0.378 e. The summed E-state index contributed by atoms with van der Waals surface area (Å²) in [7, 11) is 14.6. The molecule has 0 aromatic heterocycles. The molecule has 1 N–H and O–H groups in total. The van der Waals surface area contributed by atoms with Crippen LogP contribution < -0.4 is 19.6 Å². The Morgan fingerprint density at radius 3 is 1.14 bits per heavy atom. The van der Waals surface area contributed by atoms with Crippen molar-refractivity contribution in [2.75, 3.05) is 64.0 Å². The number of hydrogen-bond donors (Lipinski definition) is 1. The van der Waals surface area contributed by atoms with Gasteiger partial charge in [0.25, 0.3) is 0 Å². The van der Waals surface area contributed by atoms with Crippen LogP contribution in [0.25, 0.3) is 0 Å². The smallest absolute Gasteiger partial charge is 0.125 e. The van der Waals surface area contributed by atoms with E-state index in [0.717, 1.165) is 87.0 Å². The molecule has 534 valence electrons. The molecule has 0 saturated carbocycles. The van der Waals surface area contributed by atoms with Crippen LogP contribution in [-0.2, 0) is 19.3 Å². The maximum absolute atomic E-state index is 4.74. The van der Waals surface area contributed by atoms with Gasteiger partial charge in [-0.25, -0.2) is 0 Å². The van der Waals surface area contributed by atoms with Crippen molar-refractivity contribution in [3.63, 3.8) is 0 Å². The van der Waals surface area contributed by atoms with Crippen LogP contribution in [0.3, 0.4) is 0 Å². The summed E-state index contributed by atoms with van der Waals surface area (Å²) in [6, 6.07) is 59.0. The second kappa shape index (κ2) is 53.7. The molecule has 99 heavy (non-hydrogen) atoms. The SMILES string of the molecule is C.C.CC.CC.CC.CC.CC.CC.CC.CC.CC.CN(C)c1ccc(C=Nc2ccc(C3=Nc4ccccc4C3)cc2)cc1.CN(C)c1ccc(C=Nc2ccc(C3=Nc4ccccc4C3)cc2)cc1.CN1C(=C2C=CC(=NC=C3C=CC([NH+](C)C)C=C3)C=C2)Cc2ccccc21. The molecule has 7 aromatic rings. The molecule has 0 atom stereocenters. The van der Waals surface area contributed by atoms with Crippen LogP contribution in [0.5, 0.6) is 0 Å². The van der Waals surface area contributed by atoms with Gasteiger partial charge in [0.05, 0.1) is 54.0 Å². The Balaban J connectivity index is 0.